The second-order valence-corrected chi connectivity index (χ2v) is 6.67. The predicted molar refractivity (Wildman–Crippen MR) is 46.1 cm³/mol. The highest BCUT2D eigenvalue weighted by Crippen LogP contribution is 2.06. The van der Waals surface area contributed by atoms with Crippen molar-refractivity contribution in [3.63, 3.8) is 0 Å². The van der Waals surface area contributed by atoms with Gasteiger partial charge in [0.05, 0.1) is 11.5 Å². The molecule has 0 aromatic heterocycles. The van der Waals surface area contributed by atoms with Gasteiger partial charge in [-0.25, -0.2) is 16.8 Å². The van der Waals surface area contributed by atoms with Gasteiger partial charge < -0.3 is 0 Å². The maximum atomic E-state index is 11.0. The highest BCUT2D eigenvalue weighted by Gasteiger charge is 2.26. The zero-order chi connectivity index (χ0) is 9.99. The van der Waals surface area contributed by atoms with Crippen LogP contribution in [0, 0.1) is 7.05 Å². The summed E-state index contributed by atoms with van der Waals surface area (Å²) in [7, 11) is -4.49. The molecule has 0 aliphatic heterocycles. The van der Waals surface area contributed by atoms with Crippen LogP contribution in [0.2, 0.25) is 0 Å². The largest absolute Gasteiger partial charge is 0.226 e. The van der Waals surface area contributed by atoms with Crippen molar-refractivity contribution in [2.24, 2.45) is 0 Å². The van der Waals surface area contributed by atoms with E-state index < -0.39 is 20.0 Å². The van der Waals surface area contributed by atoms with Crippen LogP contribution >= 0.6 is 0 Å². The number of rotatable bonds is 4. The van der Waals surface area contributed by atoms with Crippen LogP contribution in [0.15, 0.2) is 0 Å². The molecule has 0 atom stereocenters. The molecular weight excluding hydrogens is 202 g/mol. The van der Waals surface area contributed by atoms with Crippen molar-refractivity contribution < 1.29 is 16.8 Å². The van der Waals surface area contributed by atoms with Gasteiger partial charge in [0.25, 0.3) is 0 Å². The molecule has 7 heteroatoms. The van der Waals surface area contributed by atoms with E-state index in [1.807, 2.05) is 0 Å². The Balaban J connectivity index is 5.00. The molecular formula is C5H12NO4S2. The van der Waals surface area contributed by atoms with Crippen LogP contribution in [-0.2, 0) is 20.0 Å². The lowest BCUT2D eigenvalue weighted by atomic mass is 11.0. The van der Waals surface area contributed by atoms with Gasteiger partial charge in [0.1, 0.15) is 0 Å². The van der Waals surface area contributed by atoms with E-state index in [9.17, 15) is 16.8 Å². The molecule has 12 heavy (non-hydrogen) atoms. The van der Waals surface area contributed by atoms with Gasteiger partial charge in [0.2, 0.25) is 20.0 Å². The molecule has 0 unspecified atom stereocenters. The normalized spacial score (nSPS) is 13.7. The fourth-order valence-corrected chi connectivity index (χ4v) is 3.05. The van der Waals surface area contributed by atoms with Crippen LogP contribution < -0.4 is 0 Å². The molecule has 0 saturated carbocycles. The maximum Gasteiger partial charge on any atom is 0.226 e. The molecule has 0 heterocycles. The summed E-state index contributed by atoms with van der Waals surface area (Å²) in [6.45, 7) is 2.72. The molecule has 0 saturated heterocycles. The van der Waals surface area contributed by atoms with E-state index in [4.69, 9.17) is 0 Å². The molecule has 0 aliphatic carbocycles. The third-order valence-electron chi connectivity index (χ3n) is 1.35. The first-order valence-electron chi connectivity index (χ1n) is 3.34. The van der Waals surface area contributed by atoms with Gasteiger partial charge in [-0.15, -0.1) is 0 Å². The maximum absolute atomic E-state index is 11.0. The van der Waals surface area contributed by atoms with Crippen LogP contribution in [0.25, 0.3) is 0 Å². The summed E-state index contributed by atoms with van der Waals surface area (Å²) >= 11 is 0. The Morgan fingerprint density at radius 3 is 1.42 bits per heavy atom. The standard InChI is InChI=1S/C5H12NO4S2/c1-4-11(7,8)6(3)12(9,10)5-2/h3-5H2,1-2H3. The molecule has 73 valence electrons. The predicted octanol–water partition coefficient (Wildman–Crippen LogP) is -0.221. The average molecular weight is 214 g/mol. The van der Waals surface area contributed by atoms with Crippen molar-refractivity contribution in [1.29, 1.82) is 0 Å². The van der Waals surface area contributed by atoms with E-state index in [0.29, 0.717) is 0 Å². The lowest BCUT2D eigenvalue weighted by molar-refractivity contribution is 0.537. The van der Waals surface area contributed by atoms with Gasteiger partial charge in [-0.1, -0.05) is 3.71 Å². The van der Waals surface area contributed by atoms with E-state index in [1.165, 1.54) is 13.8 Å². The highest BCUT2D eigenvalue weighted by molar-refractivity contribution is 8.04. The molecule has 1 radical (unpaired) electrons. The van der Waals surface area contributed by atoms with Crippen LogP contribution in [0.4, 0.5) is 0 Å². The van der Waals surface area contributed by atoms with Crippen LogP contribution in [0.1, 0.15) is 13.8 Å². The molecule has 0 aliphatic rings. The summed E-state index contributed by atoms with van der Waals surface area (Å²) < 4.78 is 44.1. The summed E-state index contributed by atoms with van der Waals surface area (Å²) in [5.74, 6) is -0.536. The Morgan fingerprint density at radius 1 is 1.00 bits per heavy atom. The van der Waals surface area contributed by atoms with Gasteiger partial charge in [-0.05, 0) is 13.8 Å². The monoisotopic (exact) mass is 214 g/mol. The molecule has 0 fully saturated rings. The fraction of sp³-hybridized carbons (Fsp3) is 0.800. The van der Waals surface area contributed by atoms with Crippen molar-refractivity contribution in [3.8, 4) is 0 Å². The minimum absolute atomic E-state index is 0.181. The first-order chi connectivity index (χ1) is 5.28. The lowest BCUT2D eigenvalue weighted by Crippen LogP contribution is -2.33. The Labute approximate surface area is 73.5 Å². The molecule has 0 N–H and O–H groups in total. The van der Waals surface area contributed by atoms with Gasteiger partial charge in [-0.2, -0.15) is 0 Å². The summed E-state index contributed by atoms with van der Waals surface area (Å²) in [6.07, 6.45) is 0. The Bertz CT molecular complexity index is 294. The minimum atomic E-state index is -3.73. The second kappa shape index (κ2) is 3.71. The van der Waals surface area contributed by atoms with Crippen LogP contribution in [0.5, 0.6) is 0 Å². The molecule has 5 nitrogen and oxygen atoms in total. The van der Waals surface area contributed by atoms with E-state index in [-0.39, 0.29) is 15.2 Å². The van der Waals surface area contributed by atoms with Crippen molar-refractivity contribution >= 4 is 20.0 Å². The van der Waals surface area contributed by atoms with Gasteiger partial charge >= 0.3 is 0 Å². The SMILES string of the molecule is [CH2]N(S(=O)(=O)CC)S(=O)(=O)CC. The first kappa shape index (κ1) is 11.9. The van der Waals surface area contributed by atoms with Crippen molar-refractivity contribution in [1.82, 2.24) is 3.71 Å². The van der Waals surface area contributed by atoms with E-state index in [0.717, 1.165) is 0 Å². The number of hydrogen-bond acceptors (Lipinski definition) is 4. The molecule has 0 aromatic carbocycles. The Morgan fingerprint density at radius 2 is 1.25 bits per heavy atom. The molecule has 0 amide bonds. The average Bonchev–Trinajstić information content (AvgIpc) is 2.03. The highest BCUT2D eigenvalue weighted by atomic mass is 32.3. The van der Waals surface area contributed by atoms with E-state index in [1.54, 1.807) is 0 Å². The number of hydrogen-bond donors (Lipinski definition) is 0. The third-order valence-corrected chi connectivity index (χ3v) is 5.41. The fourth-order valence-electron chi connectivity index (χ4n) is 0.461. The number of nitrogens with zero attached hydrogens (tertiary/aromatic N) is 1. The van der Waals surface area contributed by atoms with E-state index in [2.05, 4.69) is 7.05 Å². The van der Waals surface area contributed by atoms with Crippen molar-refractivity contribution in [2.45, 2.75) is 13.8 Å². The van der Waals surface area contributed by atoms with Gasteiger partial charge in [-0.3, -0.25) is 0 Å². The van der Waals surface area contributed by atoms with Gasteiger partial charge in [0, 0.05) is 7.05 Å². The molecule has 0 aromatic rings. The smallest absolute Gasteiger partial charge is 0.211 e. The molecule has 0 rings (SSSR count). The topological polar surface area (TPSA) is 71.5 Å². The first-order valence-corrected chi connectivity index (χ1v) is 6.56. The summed E-state index contributed by atoms with van der Waals surface area (Å²) in [5, 5.41) is 0. The zero-order valence-corrected chi connectivity index (χ0v) is 8.65. The van der Waals surface area contributed by atoms with E-state index >= 15 is 0 Å². The minimum Gasteiger partial charge on any atom is -0.211 e. The third kappa shape index (κ3) is 2.43. The van der Waals surface area contributed by atoms with Crippen LogP contribution in [0.3, 0.4) is 0 Å². The van der Waals surface area contributed by atoms with Crippen molar-refractivity contribution in [3.05, 3.63) is 7.05 Å². The quantitative estimate of drug-likeness (QED) is 0.648. The Hall–Kier alpha value is -0.140. The summed E-state index contributed by atoms with van der Waals surface area (Å²) in [4.78, 5) is 0. The molecule has 0 bridgehead atoms. The van der Waals surface area contributed by atoms with Crippen molar-refractivity contribution in [2.75, 3.05) is 11.5 Å². The van der Waals surface area contributed by atoms with Gasteiger partial charge in [0.15, 0.2) is 0 Å². The zero-order valence-electron chi connectivity index (χ0n) is 7.02. The summed E-state index contributed by atoms with van der Waals surface area (Å²) in [5.41, 5.74) is 0. The van der Waals surface area contributed by atoms with Crippen LogP contribution in [-0.4, -0.2) is 32.1 Å². The molecule has 0 spiro atoms. The second-order valence-electron chi connectivity index (χ2n) is 2.07. The summed E-state index contributed by atoms with van der Waals surface area (Å²) in [6, 6.07) is 0. The number of sulfonamides is 2. The lowest BCUT2D eigenvalue weighted by Gasteiger charge is -2.14. The Kier molecular flexibility index (Phi) is 3.67.